The van der Waals surface area contributed by atoms with Crippen LogP contribution < -0.4 is 4.72 Å². The zero-order valence-electron chi connectivity index (χ0n) is 15.5. The lowest BCUT2D eigenvalue weighted by atomic mass is 10.2. The molecule has 0 amide bonds. The van der Waals surface area contributed by atoms with E-state index in [-0.39, 0.29) is 24.5 Å². The average molecular weight is 450 g/mol. The van der Waals surface area contributed by atoms with E-state index >= 15 is 0 Å². The molecule has 10 heteroatoms. The molecule has 6 nitrogen and oxygen atoms in total. The van der Waals surface area contributed by atoms with Crippen LogP contribution in [0.2, 0.25) is 0 Å². The predicted molar refractivity (Wildman–Crippen MR) is 108 cm³/mol. The standard InChI is InChI=1S/C20H16F2N2O4S2/c1-2-9-23-30(26,27)18-10-14(5-8-17(18)22)20(25)28-11-16-12-29-19(24-16)13-3-6-15(21)7-4-13/h2-8,10,12,23H,1,9,11H2. The van der Waals surface area contributed by atoms with E-state index in [4.69, 9.17) is 4.74 Å². The Morgan fingerprint density at radius 1 is 1.20 bits per heavy atom. The average Bonchev–Trinajstić information content (AvgIpc) is 3.20. The SMILES string of the molecule is C=CCNS(=O)(=O)c1cc(C(=O)OCc2csc(-c3ccc(F)cc3)n2)ccc1F. The van der Waals surface area contributed by atoms with Gasteiger partial charge in [-0.05, 0) is 42.5 Å². The topological polar surface area (TPSA) is 85.4 Å². The molecule has 0 aliphatic heterocycles. The van der Waals surface area contributed by atoms with Gasteiger partial charge in [0.1, 0.15) is 28.1 Å². The minimum Gasteiger partial charge on any atom is -0.456 e. The van der Waals surface area contributed by atoms with Gasteiger partial charge in [-0.3, -0.25) is 0 Å². The Morgan fingerprint density at radius 2 is 1.93 bits per heavy atom. The Hall–Kier alpha value is -2.95. The summed E-state index contributed by atoms with van der Waals surface area (Å²) in [4.78, 5) is 16.0. The van der Waals surface area contributed by atoms with Crippen molar-refractivity contribution in [2.45, 2.75) is 11.5 Å². The van der Waals surface area contributed by atoms with Crippen LogP contribution in [-0.4, -0.2) is 25.9 Å². The van der Waals surface area contributed by atoms with Gasteiger partial charge in [0.25, 0.3) is 0 Å². The van der Waals surface area contributed by atoms with Crippen molar-refractivity contribution in [1.29, 1.82) is 0 Å². The van der Waals surface area contributed by atoms with Gasteiger partial charge in [-0.2, -0.15) is 0 Å². The first-order chi connectivity index (χ1) is 14.3. The van der Waals surface area contributed by atoms with Crippen LogP contribution in [0, 0.1) is 11.6 Å². The van der Waals surface area contributed by atoms with Gasteiger partial charge in [-0.1, -0.05) is 6.08 Å². The first-order valence-corrected chi connectivity index (χ1v) is 10.9. The molecule has 3 rings (SSSR count). The number of nitrogens with one attached hydrogen (secondary N) is 1. The van der Waals surface area contributed by atoms with Crippen molar-refractivity contribution in [1.82, 2.24) is 9.71 Å². The molecule has 0 radical (unpaired) electrons. The molecule has 0 saturated heterocycles. The molecule has 156 valence electrons. The minimum atomic E-state index is -4.15. The van der Waals surface area contributed by atoms with E-state index < -0.39 is 26.7 Å². The van der Waals surface area contributed by atoms with Gasteiger partial charge in [-0.15, -0.1) is 17.9 Å². The number of hydrogen-bond donors (Lipinski definition) is 1. The Bertz CT molecular complexity index is 1180. The number of rotatable bonds is 8. The van der Waals surface area contributed by atoms with Crippen LogP contribution in [0.15, 0.2) is 65.4 Å². The molecule has 0 saturated carbocycles. The molecule has 30 heavy (non-hydrogen) atoms. The van der Waals surface area contributed by atoms with Crippen molar-refractivity contribution < 1.29 is 26.7 Å². The molecule has 3 aromatic rings. The van der Waals surface area contributed by atoms with Crippen molar-refractivity contribution >= 4 is 27.3 Å². The maximum Gasteiger partial charge on any atom is 0.338 e. The monoisotopic (exact) mass is 450 g/mol. The number of halogens is 2. The molecule has 0 unspecified atom stereocenters. The molecule has 0 spiro atoms. The van der Waals surface area contributed by atoms with Gasteiger partial charge >= 0.3 is 5.97 Å². The molecule has 0 aliphatic rings. The lowest BCUT2D eigenvalue weighted by Gasteiger charge is -2.08. The maximum absolute atomic E-state index is 14.0. The second kappa shape index (κ2) is 9.24. The fraction of sp³-hybridized carbons (Fsp3) is 0.100. The highest BCUT2D eigenvalue weighted by molar-refractivity contribution is 7.89. The molecule has 0 fully saturated rings. The molecule has 1 aromatic heterocycles. The molecular formula is C20H16F2N2O4S2. The van der Waals surface area contributed by atoms with Gasteiger partial charge in [-0.25, -0.2) is 31.7 Å². The number of nitrogens with zero attached hydrogens (tertiary/aromatic N) is 1. The maximum atomic E-state index is 14.0. The number of benzene rings is 2. The van der Waals surface area contributed by atoms with Crippen LogP contribution in [-0.2, 0) is 21.4 Å². The fourth-order valence-corrected chi connectivity index (χ4v) is 4.31. The summed E-state index contributed by atoms with van der Waals surface area (Å²) in [5.41, 5.74) is 1.07. The smallest absolute Gasteiger partial charge is 0.338 e. The normalized spacial score (nSPS) is 11.3. The molecule has 2 aromatic carbocycles. The number of ether oxygens (including phenoxy) is 1. The Balaban J connectivity index is 1.70. The zero-order chi connectivity index (χ0) is 21.7. The zero-order valence-corrected chi connectivity index (χ0v) is 17.1. The molecule has 1 heterocycles. The number of thiazole rings is 1. The van der Waals surface area contributed by atoms with E-state index in [1.807, 2.05) is 0 Å². The van der Waals surface area contributed by atoms with E-state index in [0.717, 1.165) is 23.8 Å². The second-order valence-corrected chi connectivity index (χ2v) is 8.61. The number of hydrogen-bond acceptors (Lipinski definition) is 6. The van der Waals surface area contributed by atoms with Crippen molar-refractivity contribution in [3.8, 4) is 10.6 Å². The highest BCUT2D eigenvalue weighted by Crippen LogP contribution is 2.24. The van der Waals surface area contributed by atoms with Crippen molar-refractivity contribution in [3.05, 3.63) is 83.4 Å². The summed E-state index contributed by atoms with van der Waals surface area (Å²) in [7, 11) is -4.15. The summed E-state index contributed by atoms with van der Waals surface area (Å²) < 4.78 is 58.6. The third kappa shape index (κ3) is 5.15. The highest BCUT2D eigenvalue weighted by atomic mass is 32.2. The van der Waals surface area contributed by atoms with E-state index in [1.165, 1.54) is 29.5 Å². The van der Waals surface area contributed by atoms with Gasteiger partial charge in [0.15, 0.2) is 0 Å². The number of sulfonamides is 1. The number of carbonyl (C=O) groups is 1. The van der Waals surface area contributed by atoms with E-state index in [0.29, 0.717) is 10.7 Å². The van der Waals surface area contributed by atoms with Gasteiger partial charge in [0.05, 0.1) is 11.3 Å². The first-order valence-electron chi connectivity index (χ1n) is 8.58. The van der Waals surface area contributed by atoms with E-state index in [9.17, 15) is 22.0 Å². The lowest BCUT2D eigenvalue weighted by molar-refractivity contribution is 0.0468. The van der Waals surface area contributed by atoms with Crippen LogP contribution in [0.3, 0.4) is 0 Å². The van der Waals surface area contributed by atoms with Crippen molar-refractivity contribution in [3.63, 3.8) is 0 Å². The van der Waals surface area contributed by atoms with Crippen LogP contribution in [0.25, 0.3) is 10.6 Å². The fourth-order valence-electron chi connectivity index (χ4n) is 2.40. The van der Waals surface area contributed by atoms with Crippen molar-refractivity contribution in [2.75, 3.05) is 6.54 Å². The van der Waals surface area contributed by atoms with Crippen LogP contribution in [0.5, 0.6) is 0 Å². The third-order valence-corrected chi connectivity index (χ3v) is 6.25. The highest BCUT2D eigenvalue weighted by Gasteiger charge is 2.21. The summed E-state index contributed by atoms with van der Waals surface area (Å²) in [5.74, 6) is -2.18. The summed E-state index contributed by atoms with van der Waals surface area (Å²) in [6, 6.07) is 8.74. The summed E-state index contributed by atoms with van der Waals surface area (Å²) in [6.45, 7) is 3.14. The molecular weight excluding hydrogens is 434 g/mol. The first kappa shape index (κ1) is 21.8. The quantitative estimate of drug-likeness (QED) is 0.416. The summed E-state index contributed by atoms with van der Waals surface area (Å²) in [6.07, 6.45) is 1.31. The lowest BCUT2D eigenvalue weighted by Crippen LogP contribution is -2.25. The Kier molecular flexibility index (Phi) is 6.70. The summed E-state index contributed by atoms with van der Waals surface area (Å²) >= 11 is 1.30. The van der Waals surface area contributed by atoms with E-state index in [1.54, 1.807) is 17.5 Å². The minimum absolute atomic E-state index is 0.0866. The summed E-state index contributed by atoms with van der Waals surface area (Å²) in [5, 5.41) is 2.32. The molecule has 0 aliphatic carbocycles. The van der Waals surface area contributed by atoms with Gasteiger partial charge in [0, 0.05) is 17.5 Å². The number of aromatic nitrogens is 1. The molecule has 0 atom stereocenters. The van der Waals surface area contributed by atoms with Crippen LogP contribution in [0.1, 0.15) is 16.1 Å². The van der Waals surface area contributed by atoms with Crippen LogP contribution >= 0.6 is 11.3 Å². The van der Waals surface area contributed by atoms with Crippen molar-refractivity contribution in [2.24, 2.45) is 0 Å². The molecule has 1 N–H and O–H groups in total. The third-order valence-electron chi connectivity index (χ3n) is 3.87. The van der Waals surface area contributed by atoms with Crippen LogP contribution in [0.4, 0.5) is 8.78 Å². The predicted octanol–water partition coefficient (Wildman–Crippen LogP) is 3.91. The van der Waals surface area contributed by atoms with Gasteiger partial charge in [0.2, 0.25) is 10.0 Å². The largest absolute Gasteiger partial charge is 0.456 e. The van der Waals surface area contributed by atoms with Gasteiger partial charge < -0.3 is 4.74 Å². The Labute approximate surface area is 175 Å². The number of esters is 1. The second-order valence-electron chi connectivity index (χ2n) is 6.01. The number of carbonyl (C=O) groups excluding carboxylic acids is 1. The molecule has 0 bridgehead atoms. The van der Waals surface area contributed by atoms with E-state index in [2.05, 4.69) is 16.3 Å². The Morgan fingerprint density at radius 3 is 2.63 bits per heavy atom.